The molecule has 0 spiro atoms. The van der Waals surface area contributed by atoms with Gasteiger partial charge >= 0.3 is 5.97 Å². The van der Waals surface area contributed by atoms with E-state index in [1.54, 1.807) is 38.1 Å². The number of hydrogen-bond acceptors (Lipinski definition) is 7. The zero-order valence-corrected chi connectivity index (χ0v) is 22.4. The van der Waals surface area contributed by atoms with Gasteiger partial charge < -0.3 is 14.2 Å². The number of esters is 1. The van der Waals surface area contributed by atoms with Crippen molar-refractivity contribution in [2.75, 3.05) is 13.2 Å². The van der Waals surface area contributed by atoms with Crippen molar-refractivity contribution in [2.24, 2.45) is 5.10 Å². The zero-order chi connectivity index (χ0) is 25.5. The highest BCUT2D eigenvalue weighted by atomic mass is 79.9. The van der Waals surface area contributed by atoms with E-state index in [4.69, 9.17) is 25.8 Å². The number of aryl methyl sites for hydroxylation is 1. The van der Waals surface area contributed by atoms with E-state index in [-0.39, 0.29) is 22.9 Å². The highest BCUT2D eigenvalue weighted by Crippen LogP contribution is 2.37. The van der Waals surface area contributed by atoms with Crippen LogP contribution in [0.4, 0.5) is 0 Å². The predicted molar refractivity (Wildman–Crippen MR) is 140 cm³/mol. The van der Waals surface area contributed by atoms with Gasteiger partial charge in [0, 0.05) is 10.9 Å². The Kier molecular flexibility index (Phi) is 9.28. The van der Waals surface area contributed by atoms with Crippen LogP contribution >= 0.6 is 27.5 Å². The lowest BCUT2D eigenvalue weighted by Gasteiger charge is -2.18. The van der Waals surface area contributed by atoms with E-state index in [1.165, 1.54) is 10.9 Å². The number of ether oxygens (including phenoxy) is 3. The van der Waals surface area contributed by atoms with Gasteiger partial charge in [-0.2, -0.15) is 9.78 Å². The standard InChI is InChI=1S/C25H27BrClN3O5/c1-5-8-22-29-20-10-9-17(26)13-18(20)24(31)30(22)28-14-16-11-19(27)23(21(12-16)33-6-2)35-15(4)25(32)34-7-3/h9-15H,5-8H2,1-4H3/t15-/m1/s1. The molecule has 0 bridgehead atoms. The summed E-state index contributed by atoms with van der Waals surface area (Å²) in [4.78, 5) is 29.8. The maximum atomic E-state index is 13.2. The smallest absolute Gasteiger partial charge is 0.347 e. The van der Waals surface area contributed by atoms with Gasteiger partial charge in [0.1, 0.15) is 5.82 Å². The van der Waals surface area contributed by atoms with Gasteiger partial charge in [-0.3, -0.25) is 4.79 Å². The van der Waals surface area contributed by atoms with E-state index in [9.17, 15) is 9.59 Å². The van der Waals surface area contributed by atoms with Crippen molar-refractivity contribution < 1.29 is 19.0 Å². The van der Waals surface area contributed by atoms with Crippen LogP contribution in [-0.4, -0.2) is 41.2 Å². The van der Waals surface area contributed by atoms with Crippen molar-refractivity contribution in [1.82, 2.24) is 9.66 Å². The van der Waals surface area contributed by atoms with Crippen LogP contribution in [0.1, 0.15) is 45.5 Å². The molecule has 8 nitrogen and oxygen atoms in total. The molecule has 0 aliphatic heterocycles. The molecule has 0 radical (unpaired) electrons. The van der Waals surface area contributed by atoms with Crippen LogP contribution in [0.3, 0.4) is 0 Å². The number of carbonyl (C=O) groups is 1. The summed E-state index contributed by atoms with van der Waals surface area (Å²) >= 11 is 9.88. The van der Waals surface area contributed by atoms with Crippen LogP contribution < -0.4 is 15.0 Å². The highest BCUT2D eigenvalue weighted by molar-refractivity contribution is 9.10. The minimum Gasteiger partial charge on any atom is -0.490 e. The lowest BCUT2D eigenvalue weighted by molar-refractivity contribution is -0.150. The molecule has 10 heteroatoms. The fraction of sp³-hybridized carbons (Fsp3) is 0.360. The number of hydrogen-bond donors (Lipinski definition) is 0. The number of benzene rings is 2. The topological polar surface area (TPSA) is 92.0 Å². The Morgan fingerprint density at radius 1 is 1.23 bits per heavy atom. The maximum Gasteiger partial charge on any atom is 0.347 e. The minimum atomic E-state index is -0.871. The Morgan fingerprint density at radius 2 is 2.00 bits per heavy atom. The van der Waals surface area contributed by atoms with Crippen LogP contribution in [0.2, 0.25) is 5.02 Å². The number of halogens is 2. The van der Waals surface area contributed by atoms with Crippen molar-refractivity contribution >= 4 is 50.6 Å². The molecule has 3 rings (SSSR count). The van der Waals surface area contributed by atoms with E-state index in [1.807, 2.05) is 19.9 Å². The lowest BCUT2D eigenvalue weighted by Crippen LogP contribution is -2.26. The summed E-state index contributed by atoms with van der Waals surface area (Å²) < 4.78 is 18.5. The molecular weight excluding hydrogens is 538 g/mol. The van der Waals surface area contributed by atoms with Gasteiger partial charge in [0.2, 0.25) is 0 Å². The molecule has 1 aromatic heterocycles. The summed E-state index contributed by atoms with van der Waals surface area (Å²) in [5.74, 6) is 0.629. The summed E-state index contributed by atoms with van der Waals surface area (Å²) in [7, 11) is 0. The average Bonchev–Trinajstić information content (AvgIpc) is 2.82. The van der Waals surface area contributed by atoms with E-state index >= 15 is 0 Å². The SMILES string of the molecule is CCCc1nc2ccc(Br)cc2c(=O)n1N=Cc1cc(Cl)c(O[C@H](C)C(=O)OCC)c(OCC)c1. The van der Waals surface area contributed by atoms with Crippen molar-refractivity contribution in [1.29, 1.82) is 0 Å². The van der Waals surface area contributed by atoms with Gasteiger partial charge in [-0.25, -0.2) is 9.78 Å². The van der Waals surface area contributed by atoms with E-state index < -0.39 is 12.1 Å². The third-order valence-corrected chi connectivity index (χ3v) is 5.69. The molecular formula is C25H27BrClN3O5. The average molecular weight is 565 g/mol. The van der Waals surface area contributed by atoms with Gasteiger partial charge in [0.25, 0.3) is 5.56 Å². The Bertz CT molecular complexity index is 1310. The lowest BCUT2D eigenvalue weighted by atomic mass is 10.2. The molecule has 0 aliphatic carbocycles. The zero-order valence-electron chi connectivity index (χ0n) is 20.0. The maximum absolute atomic E-state index is 13.2. The van der Waals surface area contributed by atoms with Crippen molar-refractivity contribution in [3.63, 3.8) is 0 Å². The first-order valence-corrected chi connectivity index (χ1v) is 12.5. The highest BCUT2D eigenvalue weighted by Gasteiger charge is 2.21. The molecule has 2 aromatic carbocycles. The largest absolute Gasteiger partial charge is 0.490 e. The molecule has 1 atom stereocenters. The number of carbonyl (C=O) groups excluding carboxylic acids is 1. The first-order valence-electron chi connectivity index (χ1n) is 11.3. The molecule has 0 fully saturated rings. The summed E-state index contributed by atoms with van der Waals surface area (Å²) in [5, 5.41) is 5.12. The van der Waals surface area contributed by atoms with E-state index in [0.29, 0.717) is 41.1 Å². The Hall–Kier alpha value is -2.91. The van der Waals surface area contributed by atoms with Gasteiger partial charge in [0.15, 0.2) is 17.6 Å². The Morgan fingerprint density at radius 3 is 2.69 bits per heavy atom. The van der Waals surface area contributed by atoms with E-state index in [2.05, 4.69) is 26.0 Å². The monoisotopic (exact) mass is 563 g/mol. The fourth-order valence-electron chi connectivity index (χ4n) is 3.35. The summed E-state index contributed by atoms with van der Waals surface area (Å²) in [6, 6.07) is 8.69. The van der Waals surface area contributed by atoms with E-state index in [0.717, 1.165) is 10.9 Å². The summed E-state index contributed by atoms with van der Waals surface area (Å²) in [6.45, 7) is 7.72. The van der Waals surface area contributed by atoms with Gasteiger partial charge in [-0.15, -0.1) is 0 Å². The second-order valence-electron chi connectivity index (χ2n) is 7.58. The number of aromatic nitrogens is 2. The molecule has 1 heterocycles. The molecule has 186 valence electrons. The number of nitrogens with zero attached hydrogens (tertiary/aromatic N) is 3. The molecule has 3 aromatic rings. The third-order valence-electron chi connectivity index (χ3n) is 4.92. The summed E-state index contributed by atoms with van der Waals surface area (Å²) in [5.41, 5.74) is 0.931. The molecule has 0 saturated heterocycles. The molecule has 0 aliphatic rings. The molecule has 0 saturated carbocycles. The van der Waals surface area contributed by atoms with Crippen molar-refractivity contribution in [3.8, 4) is 11.5 Å². The van der Waals surface area contributed by atoms with Crippen LogP contribution in [0.15, 0.2) is 44.7 Å². The van der Waals surface area contributed by atoms with Gasteiger partial charge in [-0.1, -0.05) is 34.5 Å². The Balaban J connectivity index is 2.02. The first kappa shape index (κ1) is 26.7. The van der Waals surface area contributed by atoms with Crippen LogP contribution in [0.25, 0.3) is 10.9 Å². The molecule has 0 unspecified atom stereocenters. The van der Waals surface area contributed by atoms with Crippen LogP contribution in [0.5, 0.6) is 11.5 Å². The predicted octanol–water partition coefficient (Wildman–Crippen LogP) is 5.38. The van der Waals surface area contributed by atoms with Crippen LogP contribution in [0, 0.1) is 0 Å². The number of rotatable bonds is 10. The van der Waals surface area contributed by atoms with Crippen molar-refractivity contribution in [3.05, 3.63) is 61.6 Å². The molecule has 0 amide bonds. The van der Waals surface area contributed by atoms with Gasteiger partial charge in [0.05, 0.1) is 35.4 Å². The molecule has 35 heavy (non-hydrogen) atoms. The molecule has 0 N–H and O–H groups in total. The normalized spacial score (nSPS) is 12.2. The second-order valence-corrected chi connectivity index (χ2v) is 8.90. The van der Waals surface area contributed by atoms with Crippen molar-refractivity contribution in [2.45, 2.75) is 46.6 Å². The quantitative estimate of drug-likeness (QED) is 0.243. The second kappa shape index (κ2) is 12.2. The summed E-state index contributed by atoms with van der Waals surface area (Å²) in [6.07, 6.45) is 2.03. The fourth-order valence-corrected chi connectivity index (χ4v) is 3.97. The minimum absolute atomic E-state index is 0.229. The third kappa shape index (κ3) is 6.41. The van der Waals surface area contributed by atoms with Gasteiger partial charge in [-0.05, 0) is 63.1 Å². The van der Waals surface area contributed by atoms with Crippen LogP contribution in [-0.2, 0) is 16.0 Å². The Labute approximate surface area is 217 Å². The number of fused-ring (bicyclic) bond motifs is 1. The first-order chi connectivity index (χ1) is 16.8.